The normalized spacial score (nSPS) is 8.96. The molecule has 2 rings (SSSR count). The zero-order valence-corrected chi connectivity index (χ0v) is 15.2. The number of thioether (sulfide) groups is 2. The van der Waals surface area contributed by atoms with E-state index < -0.39 is 0 Å². The van der Waals surface area contributed by atoms with Gasteiger partial charge in [-0.2, -0.15) is 0 Å². The lowest BCUT2D eigenvalue weighted by Crippen LogP contribution is -3.00. The lowest BCUT2D eigenvalue weighted by molar-refractivity contribution is -0.001000. The summed E-state index contributed by atoms with van der Waals surface area (Å²) in [6.07, 6.45) is 1.01. The van der Waals surface area contributed by atoms with E-state index in [1.165, 1.54) is 0 Å². The lowest BCUT2D eigenvalue weighted by atomic mass is 10.3. The highest BCUT2D eigenvalue weighted by atomic mass is 35.5. The minimum atomic E-state index is 0. The van der Waals surface area contributed by atoms with Gasteiger partial charge in [0.2, 0.25) is 10.8 Å². The topological polar surface area (TPSA) is 56.3 Å². The molecule has 0 aliphatic rings. The Balaban J connectivity index is 0.00000242. The average Bonchev–Trinajstić information content (AvgIpc) is 2.55. The monoisotopic (exact) mass is 384 g/mol. The molecule has 0 atom stereocenters. The summed E-state index contributed by atoms with van der Waals surface area (Å²) in [5, 5.41) is 17.8. The minimum absolute atomic E-state index is 0. The van der Waals surface area contributed by atoms with E-state index in [1.54, 1.807) is 35.7 Å². The molecule has 0 N–H and O–H groups in total. The minimum Gasteiger partial charge on any atom is -1.00 e. The average molecular weight is 385 g/mol. The van der Waals surface area contributed by atoms with E-state index >= 15 is 0 Å². The van der Waals surface area contributed by atoms with Crippen LogP contribution >= 0.6 is 23.5 Å². The molecule has 23 heavy (non-hydrogen) atoms. The molecule has 2 aromatic rings. The molecule has 0 aromatic heterocycles. The largest absolute Gasteiger partial charge is 1.00 e. The summed E-state index contributed by atoms with van der Waals surface area (Å²) < 4.78 is 0. The van der Waals surface area contributed by atoms with Crippen molar-refractivity contribution < 1.29 is 24.8 Å². The van der Waals surface area contributed by atoms with Crippen molar-refractivity contribution in [1.29, 1.82) is 10.8 Å². The third-order valence-electron chi connectivity index (χ3n) is 2.75. The summed E-state index contributed by atoms with van der Waals surface area (Å²) in [5.41, 5.74) is 1.22. The van der Waals surface area contributed by atoms with Gasteiger partial charge in [0.1, 0.15) is 9.79 Å². The van der Waals surface area contributed by atoms with Crippen LogP contribution in [0.15, 0.2) is 58.3 Å². The van der Waals surface area contributed by atoms with Crippen molar-refractivity contribution in [3.05, 3.63) is 58.5 Å². The number of benzene rings is 2. The fraction of sp³-hybridized carbons (Fsp3) is 0.200. The maximum Gasteiger partial charge on any atom is 0.398 e. The molecule has 0 amide bonds. The van der Waals surface area contributed by atoms with E-state index in [4.69, 9.17) is 10.8 Å². The zero-order chi connectivity index (χ0) is 14.9. The Hall–Kier alpha value is -1.44. The molecule has 0 fully saturated rings. The molecule has 120 valence electrons. The summed E-state index contributed by atoms with van der Waals surface area (Å²) in [6.45, 7) is 0. The van der Waals surface area contributed by atoms with Gasteiger partial charge < -0.3 is 24.8 Å². The number of halogens is 2. The van der Waals surface area contributed by atoms with Crippen LogP contribution in [0, 0.1) is 10.8 Å². The van der Waals surface area contributed by atoms with Crippen LogP contribution in [0.5, 0.6) is 0 Å². The van der Waals surface area contributed by atoms with Crippen molar-refractivity contribution in [2.45, 2.75) is 16.2 Å². The molecule has 0 aliphatic heterocycles. The quantitative estimate of drug-likeness (QED) is 0.397. The number of rotatable bonds is 6. The van der Waals surface area contributed by atoms with Crippen LogP contribution in [-0.2, 0) is 0 Å². The SMILES string of the molecule is N#[N+]c1ccccc1SCCCSc1ccccc1[N+]#N.[Cl-].[Cl-]. The van der Waals surface area contributed by atoms with Gasteiger partial charge in [-0.25, -0.2) is 0 Å². The van der Waals surface area contributed by atoms with Gasteiger partial charge >= 0.3 is 11.4 Å². The third-order valence-corrected chi connectivity index (χ3v) is 5.05. The number of hydrogen-bond donors (Lipinski definition) is 0. The van der Waals surface area contributed by atoms with Crippen molar-refractivity contribution in [3.63, 3.8) is 0 Å². The van der Waals surface area contributed by atoms with Gasteiger partial charge in [-0.1, -0.05) is 24.3 Å². The molecular weight excluding hydrogens is 371 g/mol. The Bertz CT molecular complexity index is 639. The summed E-state index contributed by atoms with van der Waals surface area (Å²) in [5.74, 6) is 1.88. The van der Waals surface area contributed by atoms with Crippen molar-refractivity contribution in [3.8, 4) is 0 Å². The molecule has 0 spiro atoms. The Morgan fingerprint density at radius 1 is 0.696 bits per heavy atom. The maximum atomic E-state index is 8.90. The first kappa shape index (κ1) is 21.6. The van der Waals surface area contributed by atoms with E-state index in [-0.39, 0.29) is 24.8 Å². The second kappa shape index (κ2) is 12.0. The molecule has 2 aromatic carbocycles. The molecule has 0 saturated heterocycles. The van der Waals surface area contributed by atoms with Crippen LogP contribution in [0.1, 0.15) is 6.42 Å². The fourth-order valence-corrected chi connectivity index (χ4v) is 3.81. The molecule has 0 heterocycles. The predicted octanol–water partition coefficient (Wildman–Crippen LogP) is -0.0617. The van der Waals surface area contributed by atoms with E-state index in [9.17, 15) is 0 Å². The van der Waals surface area contributed by atoms with Crippen molar-refractivity contribution in [1.82, 2.24) is 0 Å². The van der Waals surface area contributed by atoms with Crippen molar-refractivity contribution in [2.75, 3.05) is 11.5 Å². The van der Waals surface area contributed by atoms with E-state index in [0.29, 0.717) is 11.4 Å². The van der Waals surface area contributed by atoms with E-state index in [2.05, 4.69) is 9.95 Å². The molecule has 0 saturated carbocycles. The third kappa shape index (κ3) is 6.68. The first-order chi connectivity index (χ1) is 10.3. The molecule has 0 aliphatic carbocycles. The molecule has 0 unspecified atom stereocenters. The van der Waals surface area contributed by atoms with Crippen molar-refractivity contribution in [2.24, 2.45) is 0 Å². The molecule has 0 bridgehead atoms. The summed E-state index contributed by atoms with van der Waals surface area (Å²) in [4.78, 5) is 8.51. The van der Waals surface area contributed by atoms with E-state index in [0.717, 1.165) is 27.7 Å². The first-order valence-corrected chi connectivity index (χ1v) is 8.46. The molecule has 8 heteroatoms. The maximum absolute atomic E-state index is 8.90. The summed E-state index contributed by atoms with van der Waals surface area (Å²) >= 11 is 3.35. The summed E-state index contributed by atoms with van der Waals surface area (Å²) in [7, 11) is 0. The van der Waals surface area contributed by atoms with Gasteiger partial charge in [-0.05, 0) is 30.1 Å². The fourth-order valence-electron chi connectivity index (χ4n) is 1.75. The highest BCUT2D eigenvalue weighted by Crippen LogP contribution is 2.32. The van der Waals surface area contributed by atoms with Gasteiger partial charge in [0.25, 0.3) is 0 Å². The Morgan fingerprint density at radius 2 is 1.09 bits per heavy atom. The molecule has 0 radical (unpaired) electrons. The van der Waals surface area contributed by atoms with Gasteiger partial charge in [0.15, 0.2) is 9.95 Å². The first-order valence-electron chi connectivity index (χ1n) is 6.49. The standard InChI is InChI=1S/C15H14N4S2.2ClH/c16-18-12-6-1-3-8-14(12)20-10-5-11-21-15-9-4-2-7-13(15)19-17;;/h1-4,6-9H,5,10-11H2;2*1H/q+2;;/p-2. The Labute approximate surface area is 156 Å². The highest BCUT2D eigenvalue weighted by Gasteiger charge is 2.13. The van der Waals surface area contributed by atoms with Gasteiger partial charge in [0.05, 0.1) is 0 Å². The predicted molar refractivity (Wildman–Crippen MR) is 88.4 cm³/mol. The van der Waals surface area contributed by atoms with Gasteiger partial charge in [-0.3, -0.25) is 0 Å². The van der Waals surface area contributed by atoms with E-state index in [1.807, 2.05) is 36.4 Å². The number of nitrogens with zero attached hydrogens (tertiary/aromatic N) is 4. The van der Waals surface area contributed by atoms with Crippen LogP contribution in [0.2, 0.25) is 0 Å². The smallest absolute Gasteiger partial charge is 0.398 e. The summed E-state index contributed by atoms with van der Waals surface area (Å²) in [6, 6.07) is 15.1. The lowest BCUT2D eigenvalue weighted by Gasteiger charge is -2.00. The van der Waals surface area contributed by atoms with Crippen LogP contribution in [0.25, 0.3) is 9.95 Å². The van der Waals surface area contributed by atoms with Crippen LogP contribution in [-0.4, -0.2) is 11.5 Å². The zero-order valence-electron chi connectivity index (χ0n) is 12.1. The van der Waals surface area contributed by atoms with Crippen LogP contribution in [0.4, 0.5) is 11.4 Å². The second-order valence-electron chi connectivity index (χ2n) is 4.19. The molecule has 4 nitrogen and oxygen atoms in total. The van der Waals surface area contributed by atoms with Crippen LogP contribution < -0.4 is 24.8 Å². The number of hydrogen-bond acceptors (Lipinski definition) is 4. The van der Waals surface area contributed by atoms with Gasteiger partial charge in [-0.15, -0.1) is 23.5 Å². The van der Waals surface area contributed by atoms with Gasteiger partial charge in [0, 0.05) is 12.1 Å². The molecular formula is C15H14Cl2N4S2. The van der Waals surface area contributed by atoms with Crippen molar-refractivity contribution >= 4 is 34.9 Å². The van der Waals surface area contributed by atoms with Crippen LogP contribution in [0.3, 0.4) is 0 Å². The highest BCUT2D eigenvalue weighted by molar-refractivity contribution is 8.00. The second-order valence-corrected chi connectivity index (χ2v) is 6.46. The number of diazo groups is 2. The Kier molecular flexibility index (Phi) is 11.3. The Morgan fingerprint density at radius 3 is 1.48 bits per heavy atom.